The highest BCUT2D eigenvalue weighted by molar-refractivity contribution is 5.10. The predicted octanol–water partition coefficient (Wildman–Crippen LogP) is 8.50. The molecular formula is C26H48. The molecule has 0 heteroatoms. The fraction of sp³-hybridized carbons (Fsp3) is 1.00. The zero-order valence-corrected chi connectivity index (χ0v) is 19.2. The third-order valence-corrected chi connectivity index (χ3v) is 10.0. The summed E-state index contributed by atoms with van der Waals surface area (Å²) < 4.78 is 0. The van der Waals surface area contributed by atoms with Crippen LogP contribution >= 0.6 is 0 Å². The Morgan fingerprint density at radius 2 is 1.58 bits per heavy atom. The van der Waals surface area contributed by atoms with Gasteiger partial charge in [-0.2, -0.15) is 0 Å². The highest BCUT2D eigenvalue weighted by atomic mass is 14.7. The number of rotatable bonds is 5. The van der Waals surface area contributed by atoms with Gasteiger partial charge in [-0.05, 0) is 84.4 Å². The molecule has 3 aliphatic rings. The smallest absolute Gasteiger partial charge is 0.0259 e. The van der Waals surface area contributed by atoms with E-state index in [2.05, 4.69) is 48.5 Å². The van der Waals surface area contributed by atoms with Crippen molar-refractivity contribution in [2.45, 2.75) is 119 Å². The molecule has 152 valence electrons. The molecule has 3 fully saturated rings. The molecule has 0 aromatic rings. The van der Waals surface area contributed by atoms with Gasteiger partial charge in [-0.25, -0.2) is 0 Å². The van der Waals surface area contributed by atoms with Crippen LogP contribution in [0, 0.1) is 45.8 Å². The van der Waals surface area contributed by atoms with Crippen LogP contribution < -0.4 is 0 Å². The molecule has 0 saturated heterocycles. The van der Waals surface area contributed by atoms with Gasteiger partial charge in [-0.1, -0.05) is 80.6 Å². The Morgan fingerprint density at radius 3 is 2.27 bits per heavy atom. The van der Waals surface area contributed by atoms with Crippen LogP contribution in [-0.2, 0) is 0 Å². The average molecular weight is 361 g/mol. The summed E-state index contributed by atoms with van der Waals surface area (Å²) >= 11 is 0. The Morgan fingerprint density at radius 1 is 0.846 bits per heavy atom. The van der Waals surface area contributed by atoms with Crippen LogP contribution in [0.4, 0.5) is 0 Å². The van der Waals surface area contributed by atoms with E-state index >= 15 is 0 Å². The molecule has 2 unspecified atom stereocenters. The van der Waals surface area contributed by atoms with Crippen molar-refractivity contribution in [3.63, 3.8) is 0 Å². The maximum atomic E-state index is 2.74. The molecule has 26 heavy (non-hydrogen) atoms. The first-order chi connectivity index (χ1) is 12.1. The third kappa shape index (κ3) is 3.41. The van der Waals surface area contributed by atoms with E-state index in [1.54, 1.807) is 0 Å². The van der Waals surface area contributed by atoms with Gasteiger partial charge in [0.15, 0.2) is 0 Å². The van der Waals surface area contributed by atoms with E-state index in [0.29, 0.717) is 16.2 Å². The summed E-state index contributed by atoms with van der Waals surface area (Å²) in [5.74, 6) is 4.80. The molecule has 3 rings (SSSR count). The van der Waals surface area contributed by atoms with Crippen LogP contribution in [-0.4, -0.2) is 0 Å². The van der Waals surface area contributed by atoms with Gasteiger partial charge >= 0.3 is 0 Å². The lowest BCUT2D eigenvalue weighted by Gasteiger charge is -2.66. The van der Waals surface area contributed by atoms with E-state index in [-0.39, 0.29) is 0 Å². The van der Waals surface area contributed by atoms with Crippen molar-refractivity contribution >= 4 is 0 Å². The monoisotopic (exact) mass is 360 g/mol. The molecule has 0 N–H and O–H groups in total. The predicted molar refractivity (Wildman–Crippen MR) is 115 cm³/mol. The molecule has 0 aromatic carbocycles. The van der Waals surface area contributed by atoms with Gasteiger partial charge in [0, 0.05) is 0 Å². The summed E-state index contributed by atoms with van der Waals surface area (Å²) in [6.45, 7) is 18.1. The van der Waals surface area contributed by atoms with Crippen molar-refractivity contribution in [3.05, 3.63) is 0 Å². The van der Waals surface area contributed by atoms with Crippen molar-refractivity contribution in [1.29, 1.82) is 0 Å². The van der Waals surface area contributed by atoms with Gasteiger partial charge in [0.2, 0.25) is 0 Å². The van der Waals surface area contributed by atoms with Gasteiger partial charge in [0.1, 0.15) is 0 Å². The van der Waals surface area contributed by atoms with Gasteiger partial charge < -0.3 is 0 Å². The highest BCUT2D eigenvalue weighted by Gasteiger charge is 2.61. The number of hydrogen-bond acceptors (Lipinski definition) is 0. The maximum Gasteiger partial charge on any atom is -0.0259 e. The quantitative estimate of drug-likeness (QED) is 0.461. The van der Waals surface area contributed by atoms with Gasteiger partial charge in [0.25, 0.3) is 0 Å². The summed E-state index contributed by atoms with van der Waals surface area (Å²) in [6.07, 6.45) is 16.2. The van der Waals surface area contributed by atoms with Crippen molar-refractivity contribution in [2.75, 3.05) is 0 Å². The molecule has 3 saturated carbocycles. The van der Waals surface area contributed by atoms with E-state index in [0.717, 1.165) is 29.6 Å². The van der Waals surface area contributed by atoms with E-state index in [9.17, 15) is 0 Å². The van der Waals surface area contributed by atoms with Crippen LogP contribution in [0.5, 0.6) is 0 Å². The second-order valence-corrected chi connectivity index (χ2v) is 12.1. The Hall–Kier alpha value is 0. The molecule has 0 amide bonds. The molecule has 0 bridgehead atoms. The first-order valence-electron chi connectivity index (χ1n) is 12.1. The lowest BCUT2D eigenvalue weighted by molar-refractivity contribution is -0.174. The zero-order chi connectivity index (χ0) is 19.2. The number of hydrogen-bond donors (Lipinski definition) is 0. The summed E-state index contributed by atoms with van der Waals surface area (Å²) in [6, 6.07) is 0. The van der Waals surface area contributed by atoms with Crippen LogP contribution in [0.3, 0.4) is 0 Å². The lowest BCUT2D eigenvalue weighted by atomic mass is 9.38. The molecule has 0 aromatic heterocycles. The Labute approximate surface area is 165 Å². The van der Waals surface area contributed by atoms with E-state index in [1.807, 2.05) is 0 Å². The number of fused-ring (bicyclic) bond motifs is 3. The van der Waals surface area contributed by atoms with Crippen LogP contribution in [0.2, 0.25) is 0 Å². The lowest BCUT2D eigenvalue weighted by Crippen LogP contribution is -2.59. The average Bonchev–Trinajstić information content (AvgIpc) is 2.53. The molecule has 0 spiro atoms. The molecule has 0 nitrogen and oxygen atoms in total. The molecule has 3 aliphatic carbocycles. The van der Waals surface area contributed by atoms with Crippen LogP contribution in [0.1, 0.15) is 119 Å². The van der Waals surface area contributed by atoms with Crippen molar-refractivity contribution < 1.29 is 0 Å². The first-order valence-corrected chi connectivity index (χ1v) is 12.1. The second kappa shape index (κ2) is 7.44. The highest BCUT2D eigenvalue weighted by Crippen LogP contribution is 2.69. The zero-order valence-electron chi connectivity index (χ0n) is 19.2. The Balaban J connectivity index is 1.83. The molecule has 0 heterocycles. The van der Waals surface area contributed by atoms with Crippen molar-refractivity contribution in [3.8, 4) is 0 Å². The largest absolute Gasteiger partial charge is 0.0654 e. The SMILES string of the molecule is CCC[C@H](C)CC[C@H]1[C@H](C)CCC2[C@]3(C)CCCC(C)(C)C3CC[C@@]21C. The Bertz CT molecular complexity index is 476. The van der Waals surface area contributed by atoms with E-state index < -0.39 is 0 Å². The minimum Gasteiger partial charge on any atom is -0.0654 e. The molecule has 7 atom stereocenters. The van der Waals surface area contributed by atoms with Gasteiger partial charge in [-0.15, -0.1) is 0 Å². The fourth-order valence-corrected chi connectivity index (χ4v) is 8.79. The minimum absolute atomic E-state index is 0.572. The third-order valence-electron chi connectivity index (χ3n) is 10.0. The summed E-state index contributed by atoms with van der Waals surface area (Å²) in [4.78, 5) is 0. The van der Waals surface area contributed by atoms with Gasteiger partial charge in [0.05, 0.1) is 0 Å². The van der Waals surface area contributed by atoms with Crippen LogP contribution in [0.25, 0.3) is 0 Å². The summed E-state index contributed by atoms with van der Waals surface area (Å²) in [5.41, 5.74) is 1.80. The minimum atomic E-state index is 0.572. The Kier molecular flexibility index (Phi) is 5.93. The normalized spacial score (nSPS) is 46.3. The van der Waals surface area contributed by atoms with E-state index in [1.165, 1.54) is 70.6 Å². The standard InChI is InChI=1S/C26H48/c1-8-10-19(2)11-13-21-20(3)12-14-23-25(21,6)18-15-22-24(4,5)16-9-17-26(22,23)7/h19-23H,8-18H2,1-7H3/t19-,20+,21-,22?,23?,25+,26+/m0/s1. The fourth-order valence-electron chi connectivity index (χ4n) is 8.79. The summed E-state index contributed by atoms with van der Waals surface area (Å²) in [7, 11) is 0. The molecule has 0 aliphatic heterocycles. The van der Waals surface area contributed by atoms with Crippen molar-refractivity contribution in [2.24, 2.45) is 45.8 Å². The molecule has 0 radical (unpaired) electrons. The van der Waals surface area contributed by atoms with Crippen LogP contribution in [0.15, 0.2) is 0 Å². The van der Waals surface area contributed by atoms with E-state index in [4.69, 9.17) is 0 Å². The second-order valence-electron chi connectivity index (χ2n) is 12.1. The first kappa shape index (κ1) is 20.7. The summed E-state index contributed by atoms with van der Waals surface area (Å²) in [5, 5.41) is 0. The van der Waals surface area contributed by atoms with Crippen molar-refractivity contribution in [1.82, 2.24) is 0 Å². The topological polar surface area (TPSA) is 0 Å². The van der Waals surface area contributed by atoms with Gasteiger partial charge in [-0.3, -0.25) is 0 Å². The maximum absolute atomic E-state index is 2.74. The molecular weight excluding hydrogens is 312 g/mol.